The zero-order valence-corrected chi connectivity index (χ0v) is 11.4. The smallest absolute Gasteiger partial charge is 0.147 e. The van der Waals surface area contributed by atoms with E-state index in [2.05, 4.69) is 23.7 Å². The van der Waals surface area contributed by atoms with Gasteiger partial charge >= 0.3 is 0 Å². The van der Waals surface area contributed by atoms with Crippen molar-refractivity contribution in [2.24, 2.45) is 0 Å². The fourth-order valence-corrected chi connectivity index (χ4v) is 2.89. The first kappa shape index (κ1) is 13.7. The van der Waals surface area contributed by atoms with E-state index in [9.17, 15) is 8.42 Å². The highest BCUT2D eigenvalue weighted by molar-refractivity contribution is 7.90. The fraction of sp³-hybridized carbons (Fsp3) is 0.636. The minimum absolute atomic E-state index is 0.168. The fourth-order valence-electron chi connectivity index (χ4n) is 1.51. The number of thiophene rings is 1. The third-order valence-electron chi connectivity index (χ3n) is 2.36. The van der Waals surface area contributed by atoms with Gasteiger partial charge in [0.1, 0.15) is 9.84 Å². The molecule has 16 heavy (non-hydrogen) atoms. The maximum absolute atomic E-state index is 11.2. The molecule has 1 N–H and O–H groups in total. The van der Waals surface area contributed by atoms with E-state index in [1.807, 2.05) is 5.38 Å². The van der Waals surface area contributed by atoms with Crippen LogP contribution in [-0.4, -0.2) is 27.0 Å². The van der Waals surface area contributed by atoms with Gasteiger partial charge in [0.05, 0.1) is 5.75 Å². The summed E-state index contributed by atoms with van der Waals surface area (Å²) in [6, 6.07) is 2.22. The summed E-state index contributed by atoms with van der Waals surface area (Å²) < 4.78 is 22.3. The van der Waals surface area contributed by atoms with Gasteiger partial charge in [0.2, 0.25) is 0 Å². The predicted molar refractivity (Wildman–Crippen MR) is 69.7 cm³/mol. The second-order valence-corrected chi connectivity index (χ2v) is 7.02. The van der Waals surface area contributed by atoms with Gasteiger partial charge in [-0.3, -0.25) is 0 Å². The van der Waals surface area contributed by atoms with E-state index in [1.54, 1.807) is 11.3 Å². The Morgan fingerprint density at radius 3 is 2.75 bits per heavy atom. The lowest BCUT2D eigenvalue weighted by Gasteiger charge is -2.16. The SMILES string of the molecule is CCCNC(CCS(C)(=O)=O)c1ccsc1. The van der Waals surface area contributed by atoms with Crippen LogP contribution in [0.25, 0.3) is 0 Å². The molecule has 1 unspecified atom stereocenters. The van der Waals surface area contributed by atoms with Crippen LogP contribution in [0, 0.1) is 0 Å². The summed E-state index contributed by atoms with van der Waals surface area (Å²) in [5, 5.41) is 7.49. The molecule has 0 aliphatic heterocycles. The van der Waals surface area contributed by atoms with Crippen molar-refractivity contribution in [1.82, 2.24) is 5.32 Å². The Labute approximate surface area is 102 Å². The molecule has 3 nitrogen and oxygen atoms in total. The first-order chi connectivity index (χ1) is 7.53. The maximum Gasteiger partial charge on any atom is 0.147 e. The zero-order valence-electron chi connectivity index (χ0n) is 9.77. The van der Waals surface area contributed by atoms with Crippen LogP contribution in [0.5, 0.6) is 0 Å². The van der Waals surface area contributed by atoms with Crippen molar-refractivity contribution in [3.05, 3.63) is 22.4 Å². The number of nitrogens with one attached hydrogen (secondary N) is 1. The highest BCUT2D eigenvalue weighted by Crippen LogP contribution is 2.20. The Kier molecular flexibility index (Phi) is 5.44. The van der Waals surface area contributed by atoms with E-state index in [1.165, 1.54) is 11.8 Å². The summed E-state index contributed by atoms with van der Waals surface area (Å²) in [5.74, 6) is 0.240. The molecule has 1 aromatic heterocycles. The van der Waals surface area contributed by atoms with Crippen molar-refractivity contribution in [3.63, 3.8) is 0 Å². The van der Waals surface area contributed by atoms with E-state index in [0.29, 0.717) is 6.42 Å². The van der Waals surface area contributed by atoms with Crippen LogP contribution in [0.3, 0.4) is 0 Å². The second kappa shape index (κ2) is 6.37. The van der Waals surface area contributed by atoms with Gasteiger partial charge in [-0.25, -0.2) is 8.42 Å². The molecule has 1 atom stereocenters. The lowest BCUT2D eigenvalue weighted by molar-refractivity contribution is 0.515. The first-order valence-electron chi connectivity index (χ1n) is 5.46. The van der Waals surface area contributed by atoms with Crippen molar-refractivity contribution in [2.75, 3.05) is 18.6 Å². The third-order valence-corrected chi connectivity index (χ3v) is 4.04. The molecular formula is C11H19NO2S2. The van der Waals surface area contributed by atoms with Crippen LogP contribution in [0.2, 0.25) is 0 Å². The van der Waals surface area contributed by atoms with Gasteiger partial charge in [0.25, 0.3) is 0 Å². The van der Waals surface area contributed by atoms with E-state index in [0.717, 1.165) is 13.0 Å². The molecule has 0 aliphatic carbocycles. The predicted octanol–water partition coefficient (Wildman–Crippen LogP) is 2.22. The van der Waals surface area contributed by atoms with Gasteiger partial charge in [-0.2, -0.15) is 11.3 Å². The van der Waals surface area contributed by atoms with Gasteiger partial charge in [0, 0.05) is 12.3 Å². The molecule has 0 saturated heterocycles. The molecule has 0 spiro atoms. The lowest BCUT2D eigenvalue weighted by atomic mass is 10.1. The van der Waals surface area contributed by atoms with Gasteiger partial charge < -0.3 is 5.32 Å². The number of sulfone groups is 1. The summed E-state index contributed by atoms with van der Waals surface area (Å²) in [4.78, 5) is 0. The van der Waals surface area contributed by atoms with Gasteiger partial charge in [0.15, 0.2) is 0 Å². The molecule has 1 rings (SSSR count). The van der Waals surface area contributed by atoms with Crippen molar-refractivity contribution >= 4 is 21.2 Å². The topological polar surface area (TPSA) is 46.2 Å². The molecule has 0 aromatic carbocycles. The maximum atomic E-state index is 11.2. The number of hydrogen-bond donors (Lipinski definition) is 1. The molecule has 0 saturated carbocycles. The Morgan fingerprint density at radius 1 is 1.50 bits per heavy atom. The molecule has 1 aromatic rings. The van der Waals surface area contributed by atoms with Crippen molar-refractivity contribution < 1.29 is 8.42 Å². The van der Waals surface area contributed by atoms with Crippen molar-refractivity contribution in [1.29, 1.82) is 0 Å². The average molecular weight is 261 g/mol. The van der Waals surface area contributed by atoms with E-state index in [-0.39, 0.29) is 11.8 Å². The quantitative estimate of drug-likeness (QED) is 0.818. The van der Waals surface area contributed by atoms with Crippen LogP contribution in [0.4, 0.5) is 0 Å². The Balaban J connectivity index is 2.58. The summed E-state index contributed by atoms with van der Waals surface area (Å²) >= 11 is 1.65. The summed E-state index contributed by atoms with van der Waals surface area (Å²) in [7, 11) is -2.87. The first-order valence-corrected chi connectivity index (χ1v) is 8.46. The van der Waals surface area contributed by atoms with Gasteiger partial charge in [-0.05, 0) is 41.8 Å². The Bertz CT molecular complexity index is 384. The second-order valence-electron chi connectivity index (χ2n) is 3.98. The van der Waals surface area contributed by atoms with Gasteiger partial charge in [-0.15, -0.1) is 0 Å². The highest BCUT2D eigenvalue weighted by Gasteiger charge is 2.13. The average Bonchev–Trinajstić information content (AvgIpc) is 2.69. The molecular weight excluding hydrogens is 242 g/mol. The largest absolute Gasteiger partial charge is 0.310 e. The van der Waals surface area contributed by atoms with E-state index in [4.69, 9.17) is 0 Å². The third kappa shape index (κ3) is 5.09. The Hall–Kier alpha value is -0.390. The monoisotopic (exact) mass is 261 g/mol. The molecule has 0 bridgehead atoms. The molecule has 0 radical (unpaired) electrons. The van der Waals surface area contributed by atoms with Crippen LogP contribution in [0.1, 0.15) is 31.4 Å². The van der Waals surface area contributed by atoms with E-state index >= 15 is 0 Å². The van der Waals surface area contributed by atoms with Crippen molar-refractivity contribution in [3.8, 4) is 0 Å². The standard InChI is InChI=1S/C11H19NO2S2/c1-3-6-12-11(5-8-16(2,13)14)10-4-7-15-9-10/h4,7,9,11-12H,3,5-6,8H2,1-2H3. The van der Waals surface area contributed by atoms with Crippen LogP contribution < -0.4 is 5.32 Å². The number of hydrogen-bond acceptors (Lipinski definition) is 4. The van der Waals surface area contributed by atoms with Crippen LogP contribution in [-0.2, 0) is 9.84 Å². The van der Waals surface area contributed by atoms with Crippen LogP contribution in [0.15, 0.2) is 16.8 Å². The lowest BCUT2D eigenvalue weighted by Crippen LogP contribution is -2.24. The summed E-state index contributed by atoms with van der Waals surface area (Å²) in [5.41, 5.74) is 1.20. The summed E-state index contributed by atoms with van der Waals surface area (Å²) in [6.07, 6.45) is 2.99. The van der Waals surface area contributed by atoms with Crippen molar-refractivity contribution in [2.45, 2.75) is 25.8 Å². The minimum atomic E-state index is -2.87. The molecule has 0 fully saturated rings. The normalized spacial score (nSPS) is 13.9. The highest BCUT2D eigenvalue weighted by atomic mass is 32.2. The zero-order chi connectivity index (χ0) is 12.0. The molecule has 92 valence electrons. The summed E-state index contributed by atoms with van der Waals surface area (Å²) in [6.45, 7) is 3.03. The molecule has 0 amide bonds. The molecule has 1 heterocycles. The minimum Gasteiger partial charge on any atom is -0.310 e. The Morgan fingerprint density at radius 2 is 2.25 bits per heavy atom. The van der Waals surface area contributed by atoms with Crippen LogP contribution >= 0.6 is 11.3 Å². The van der Waals surface area contributed by atoms with E-state index < -0.39 is 9.84 Å². The molecule has 0 aliphatic rings. The van der Waals surface area contributed by atoms with Gasteiger partial charge in [-0.1, -0.05) is 6.92 Å². The number of rotatable bonds is 7. The molecule has 5 heteroatoms.